The molecule has 1 aliphatic carbocycles. The van der Waals surface area contributed by atoms with Crippen LogP contribution in [0.25, 0.3) is 10.4 Å². The molecule has 1 heterocycles. The zero-order valence-corrected chi connectivity index (χ0v) is 12.4. The molecule has 1 aliphatic rings. The van der Waals surface area contributed by atoms with E-state index in [1.165, 1.54) is 11.3 Å². The Hall–Kier alpha value is -2.12. The van der Waals surface area contributed by atoms with Gasteiger partial charge in [0.1, 0.15) is 0 Å². The van der Waals surface area contributed by atoms with Gasteiger partial charge in [0.2, 0.25) is 0 Å². The second-order valence-electron chi connectivity index (χ2n) is 5.31. The molecule has 106 valence electrons. The topological polar surface area (TPSA) is 42.0 Å². The van der Waals surface area contributed by atoms with E-state index in [-0.39, 0.29) is 11.9 Å². The molecular weight excluding hydrogens is 280 g/mol. The van der Waals surface area contributed by atoms with Crippen LogP contribution in [-0.4, -0.2) is 16.9 Å². The SMILES string of the molecule is C#CCC1CC(NC(=O)c2ncc(-c3ccccc3)s2)C1. The lowest BCUT2D eigenvalue weighted by Gasteiger charge is -2.34. The zero-order chi connectivity index (χ0) is 14.7. The summed E-state index contributed by atoms with van der Waals surface area (Å²) < 4.78 is 0. The van der Waals surface area contributed by atoms with E-state index in [1.807, 2.05) is 30.3 Å². The first-order chi connectivity index (χ1) is 10.3. The minimum Gasteiger partial charge on any atom is -0.347 e. The fraction of sp³-hybridized carbons (Fsp3) is 0.294. The quantitative estimate of drug-likeness (QED) is 0.879. The highest BCUT2D eigenvalue weighted by molar-refractivity contribution is 7.16. The number of terminal acetylenes is 1. The standard InChI is InChI=1S/C17H16N2OS/c1-2-6-12-9-14(10-12)19-16(20)17-18-11-15(21-17)13-7-4-3-5-8-13/h1,3-5,7-8,11-12,14H,6,9-10H2,(H,19,20). The van der Waals surface area contributed by atoms with Gasteiger partial charge in [-0.3, -0.25) is 4.79 Å². The number of aromatic nitrogens is 1. The Morgan fingerprint density at radius 1 is 1.38 bits per heavy atom. The van der Waals surface area contributed by atoms with Gasteiger partial charge in [0.05, 0.1) is 4.88 Å². The molecule has 0 spiro atoms. The summed E-state index contributed by atoms with van der Waals surface area (Å²) in [5.41, 5.74) is 1.09. The van der Waals surface area contributed by atoms with Gasteiger partial charge in [-0.15, -0.1) is 23.7 Å². The molecule has 21 heavy (non-hydrogen) atoms. The molecule has 0 bridgehead atoms. The number of amides is 1. The van der Waals surface area contributed by atoms with Crippen LogP contribution in [0.15, 0.2) is 36.5 Å². The van der Waals surface area contributed by atoms with Crippen molar-refractivity contribution >= 4 is 17.2 Å². The van der Waals surface area contributed by atoms with Gasteiger partial charge in [-0.25, -0.2) is 4.98 Å². The van der Waals surface area contributed by atoms with Gasteiger partial charge in [0.25, 0.3) is 5.91 Å². The number of nitrogens with one attached hydrogen (secondary N) is 1. The van der Waals surface area contributed by atoms with Crippen LogP contribution in [0.1, 0.15) is 29.1 Å². The van der Waals surface area contributed by atoms with Crippen LogP contribution in [0.3, 0.4) is 0 Å². The first-order valence-corrected chi connectivity index (χ1v) is 7.83. The Morgan fingerprint density at radius 2 is 2.14 bits per heavy atom. The number of hydrogen-bond acceptors (Lipinski definition) is 3. The minimum atomic E-state index is -0.0775. The van der Waals surface area contributed by atoms with Crippen molar-refractivity contribution < 1.29 is 4.79 Å². The van der Waals surface area contributed by atoms with Gasteiger partial charge in [0.15, 0.2) is 5.01 Å². The summed E-state index contributed by atoms with van der Waals surface area (Å²) in [7, 11) is 0. The summed E-state index contributed by atoms with van der Waals surface area (Å²) in [5, 5.41) is 3.55. The predicted molar refractivity (Wildman–Crippen MR) is 85.0 cm³/mol. The predicted octanol–water partition coefficient (Wildman–Crippen LogP) is 3.34. The number of nitrogens with zero attached hydrogens (tertiary/aromatic N) is 1. The van der Waals surface area contributed by atoms with Gasteiger partial charge >= 0.3 is 0 Å². The second-order valence-corrected chi connectivity index (χ2v) is 6.34. The van der Waals surface area contributed by atoms with E-state index in [9.17, 15) is 4.79 Å². The van der Waals surface area contributed by atoms with Crippen molar-refractivity contribution in [2.75, 3.05) is 0 Å². The number of carbonyl (C=O) groups excluding carboxylic acids is 1. The third-order valence-corrected chi connectivity index (χ3v) is 4.78. The summed E-state index contributed by atoms with van der Waals surface area (Å²) >= 11 is 1.43. The normalized spacial score (nSPS) is 20.3. The zero-order valence-electron chi connectivity index (χ0n) is 11.6. The highest BCUT2D eigenvalue weighted by Crippen LogP contribution is 2.31. The maximum Gasteiger partial charge on any atom is 0.280 e. The first kappa shape index (κ1) is 13.8. The molecule has 1 fully saturated rings. The van der Waals surface area contributed by atoms with Crippen LogP contribution < -0.4 is 5.32 Å². The molecule has 1 saturated carbocycles. The van der Waals surface area contributed by atoms with Gasteiger partial charge in [-0.05, 0) is 24.3 Å². The Morgan fingerprint density at radius 3 is 2.86 bits per heavy atom. The molecule has 1 amide bonds. The van der Waals surface area contributed by atoms with E-state index in [0.717, 1.165) is 29.7 Å². The highest BCUT2D eigenvalue weighted by Gasteiger charge is 2.30. The van der Waals surface area contributed by atoms with E-state index in [1.54, 1.807) is 6.20 Å². The molecule has 4 heteroatoms. The minimum absolute atomic E-state index is 0.0775. The molecule has 0 atom stereocenters. The molecule has 1 N–H and O–H groups in total. The van der Waals surface area contributed by atoms with Gasteiger partial charge in [0, 0.05) is 18.7 Å². The largest absolute Gasteiger partial charge is 0.347 e. The second kappa shape index (κ2) is 6.11. The van der Waals surface area contributed by atoms with E-state index in [2.05, 4.69) is 16.2 Å². The molecule has 0 unspecified atom stereocenters. The van der Waals surface area contributed by atoms with Crippen molar-refractivity contribution in [3.05, 3.63) is 41.5 Å². The first-order valence-electron chi connectivity index (χ1n) is 7.02. The maximum atomic E-state index is 12.2. The third-order valence-electron chi connectivity index (χ3n) is 3.74. The summed E-state index contributed by atoms with van der Waals surface area (Å²) in [6.45, 7) is 0. The fourth-order valence-corrected chi connectivity index (χ4v) is 3.37. The molecule has 3 rings (SSSR count). The number of benzene rings is 1. The molecule has 2 aromatic rings. The molecule has 3 nitrogen and oxygen atoms in total. The summed E-state index contributed by atoms with van der Waals surface area (Å²) in [4.78, 5) is 17.4. The third kappa shape index (κ3) is 3.14. The van der Waals surface area contributed by atoms with Crippen LogP contribution in [-0.2, 0) is 0 Å². The Bertz CT molecular complexity index is 666. The number of thiazole rings is 1. The van der Waals surface area contributed by atoms with Crippen molar-refractivity contribution in [1.29, 1.82) is 0 Å². The Kier molecular flexibility index (Phi) is 4.03. The number of hydrogen-bond donors (Lipinski definition) is 1. The van der Waals surface area contributed by atoms with Gasteiger partial charge in [-0.2, -0.15) is 0 Å². The molecule has 1 aromatic carbocycles. The summed E-state index contributed by atoms with van der Waals surface area (Å²) in [6, 6.07) is 10.2. The van der Waals surface area contributed by atoms with Crippen molar-refractivity contribution in [2.24, 2.45) is 5.92 Å². The average molecular weight is 296 g/mol. The fourth-order valence-electron chi connectivity index (χ4n) is 2.55. The van der Waals surface area contributed by atoms with Crippen molar-refractivity contribution in [3.63, 3.8) is 0 Å². The van der Waals surface area contributed by atoms with Crippen molar-refractivity contribution in [3.8, 4) is 22.8 Å². The molecule has 0 aliphatic heterocycles. The molecule has 0 radical (unpaired) electrons. The maximum absolute atomic E-state index is 12.2. The van der Waals surface area contributed by atoms with Crippen molar-refractivity contribution in [2.45, 2.75) is 25.3 Å². The van der Waals surface area contributed by atoms with E-state index >= 15 is 0 Å². The van der Waals surface area contributed by atoms with Crippen LogP contribution in [0.4, 0.5) is 0 Å². The van der Waals surface area contributed by atoms with Gasteiger partial charge < -0.3 is 5.32 Å². The van der Waals surface area contributed by atoms with Crippen LogP contribution in [0.2, 0.25) is 0 Å². The highest BCUT2D eigenvalue weighted by atomic mass is 32.1. The van der Waals surface area contributed by atoms with Crippen molar-refractivity contribution in [1.82, 2.24) is 10.3 Å². The molecule has 1 aromatic heterocycles. The lowest BCUT2D eigenvalue weighted by Crippen LogP contribution is -2.44. The Labute approximate surface area is 128 Å². The monoisotopic (exact) mass is 296 g/mol. The van der Waals surface area contributed by atoms with Gasteiger partial charge in [-0.1, -0.05) is 30.3 Å². The summed E-state index contributed by atoms with van der Waals surface area (Å²) in [6.07, 6.45) is 9.82. The smallest absolute Gasteiger partial charge is 0.280 e. The van der Waals surface area contributed by atoms with E-state index in [0.29, 0.717) is 10.9 Å². The number of carbonyl (C=O) groups is 1. The lowest BCUT2D eigenvalue weighted by atomic mass is 9.78. The van der Waals surface area contributed by atoms with Crippen LogP contribution in [0, 0.1) is 18.3 Å². The lowest BCUT2D eigenvalue weighted by molar-refractivity contribution is 0.0891. The molecule has 0 saturated heterocycles. The van der Waals surface area contributed by atoms with E-state index < -0.39 is 0 Å². The molecular formula is C17H16N2OS. The van der Waals surface area contributed by atoms with Crippen LogP contribution in [0.5, 0.6) is 0 Å². The summed E-state index contributed by atoms with van der Waals surface area (Å²) in [5.74, 6) is 3.16. The number of rotatable bonds is 4. The van der Waals surface area contributed by atoms with Crippen LogP contribution >= 0.6 is 11.3 Å². The van der Waals surface area contributed by atoms with E-state index in [4.69, 9.17) is 6.42 Å². The Balaban J connectivity index is 1.60. The average Bonchev–Trinajstić information content (AvgIpc) is 2.96.